The van der Waals surface area contributed by atoms with Crippen LogP contribution in [0.25, 0.3) is 0 Å². The van der Waals surface area contributed by atoms with Gasteiger partial charge in [0.1, 0.15) is 5.49 Å². The average molecular weight is 387 g/mol. The molecule has 6 heteroatoms. The summed E-state index contributed by atoms with van der Waals surface area (Å²) in [5.74, 6) is -0.210. The van der Waals surface area contributed by atoms with E-state index in [1.165, 1.54) is 31.4 Å². The number of carbonyl (C=O) groups is 1. The SMILES string of the molecule is CC(C)S(=O)(=O)c1ccc(C(=O)n2ccccc2=NC2CCCCC2)cc1. The third kappa shape index (κ3) is 4.38. The minimum Gasteiger partial charge on any atom is -0.268 e. The molecule has 5 nitrogen and oxygen atoms in total. The number of hydrogen-bond acceptors (Lipinski definition) is 4. The molecule has 0 saturated heterocycles. The minimum absolute atomic E-state index is 0.210. The minimum atomic E-state index is -3.35. The zero-order chi connectivity index (χ0) is 19.4. The fourth-order valence-electron chi connectivity index (χ4n) is 3.31. The first kappa shape index (κ1) is 19.5. The maximum Gasteiger partial charge on any atom is 0.263 e. The maximum atomic E-state index is 13.0. The van der Waals surface area contributed by atoms with Gasteiger partial charge in [-0.15, -0.1) is 0 Å². The summed E-state index contributed by atoms with van der Waals surface area (Å²) < 4.78 is 26.0. The zero-order valence-corrected chi connectivity index (χ0v) is 16.7. The Morgan fingerprint density at radius 3 is 2.33 bits per heavy atom. The number of pyridine rings is 1. The van der Waals surface area contributed by atoms with E-state index >= 15 is 0 Å². The Kier molecular flexibility index (Phi) is 5.95. The van der Waals surface area contributed by atoms with Gasteiger partial charge in [-0.2, -0.15) is 0 Å². The molecular formula is C21H26N2O3S. The van der Waals surface area contributed by atoms with Crippen molar-refractivity contribution in [3.63, 3.8) is 0 Å². The second-order valence-corrected chi connectivity index (χ2v) is 9.78. The number of sulfone groups is 1. The number of benzene rings is 1. The van der Waals surface area contributed by atoms with E-state index in [1.54, 1.807) is 42.8 Å². The molecule has 0 radical (unpaired) electrons. The lowest BCUT2D eigenvalue weighted by Crippen LogP contribution is -2.29. The van der Waals surface area contributed by atoms with Gasteiger partial charge in [0.25, 0.3) is 5.91 Å². The fraction of sp³-hybridized carbons (Fsp3) is 0.429. The number of aromatic nitrogens is 1. The van der Waals surface area contributed by atoms with Crippen molar-refractivity contribution in [2.45, 2.75) is 62.1 Å². The summed E-state index contributed by atoms with van der Waals surface area (Å²) >= 11 is 0. The summed E-state index contributed by atoms with van der Waals surface area (Å²) in [4.78, 5) is 18.0. The summed E-state index contributed by atoms with van der Waals surface area (Å²) in [6.45, 7) is 3.29. The highest BCUT2D eigenvalue weighted by atomic mass is 32.2. The molecule has 0 amide bonds. The highest BCUT2D eigenvalue weighted by Crippen LogP contribution is 2.20. The van der Waals surface area contributed by atoms with E-state index < -0.39 is 15.1 Å². The van der Waals surface area contributed by atoms with Crippen LogP contribution < -0.4 is 5.49 Å². The fourth-order valence-corrected chi connectivity index (χ4v) is 4.37. The van der Waals surface area contributed by atoms with Gasteiger partial charge in [-0.25, -0.2) is 8.42 Å². The van der Waals surface area contributed by atoms with Crippen molar-refractivity contribution < 1.29 is 13.2 Å². The standard InChI is InChI=1S/C21H26N2O3S/c1-16(2)27(25,26)19-13-11-17(12-14-19)21(24)23-15-7-6-10-20(23)22-18-8-4-3-5-9-18/h6-7,10-16,18H,3-5,8-9H2,1-2H3. The van der Waals surface area contributed by atoms with Crippen molar-refractivity contribution in [1.82, 2.24) is 4.57 Å². The predicted octanol–water partition coefficient (Wildman–Crippen LogP) is 3.59. The van der Waals surface area contributed by atoms with Gasteiger partial charge in [0.05, 0.1) is 16.2 Å². The smallest absolute Gasteiger partial charge is 0.263 e. The van der Waals surface area contributed by atoms with Crippen molar-refractivity contribution in [2.24, 2.45) is 4.99 Å². The van der Waals surface area contributed by atoms with Crippen molar-refractivity contribution >= 4 is 15.7 Å². The van der Waals surface area contributed by atoms with Crippen molar-refractivity contribution in [3.8, 4) is 0 Å². The van der Waals surface area contributed by atoms with Crippen molar-refractivity contribution in [3.05, 3.63) is 59.7 Å². The molecule has 1 fully saturated rings. The molecule has 0 bridgehead atoms. The molecule has 0 unspecified atom stereocenters. The monoisotopic (exact) mass is 386 g/mol. The van der Waals surface area contributed by atoms with Gasteiger partial charge in [0.15, 0.2) is 9.84 Å². The van der Waals surface area contributed by atoms with Crippen LogP contribution in [-0.2, 0) is 9.84 Å². The van der Waals surface area contributed by atoms with E-state index in [0.29, 0.717) is 11.1 Å². The molecule has 0 aliphatic heterocycles. The van der Waals surface area contributed by atoms with E-state index in [9.17, 15) is 13.2 Å². The van der Waals surface area contributed by atoms with E-state index in [4.69, 9.17) is 4.99 Å². The molecule has 0 spiro atoms. The van der Waals surface area contributed by atoms with Crippen LogP contribution >= 0.6 is 0 Å². The average Bonchev–Trinajstić information content (AvgIpc) is 2.68. The molecular weight excluding hydrogens is 360 g/mol. The first-order valence-corrected chi connectivity index (χ1v) is 11.0. The van der Waals surface area contributed by atoms with Gasteiger partial charge in [0.2, 0.25) is 0 Å². The summed E-state index contributed by atoms with van der Waals surface area (Å²) in [5.41, 5.74) is 1.09. The topological polar surface area (TPSA) is 68.5 Å². The van der Waals surface area contributed by atoms with Gasteiger partial charge in [-0.05, 0) is 63.1 Å². The third-order valence-electron chi connectivity index (χ3n) is 5.00. The molecule has 1 heterocycles. The lowest BCUT2D eigenvalue weighted by Gasteiger charge is -2.17. The Bertz CT molecular complexity index is 967. The summed E-state index contributed by atoms with van der Waals surface area (Å²) in [6, 6.07) is 11.9. The third-order valence-corrected chi connectivity index (χ3v) is 7.17. The van der Waals surface area contributed by atoms with Gasteiger partial charge < -0.3 is 0 Å². The molecule has 1 saturated carbocycles. The molecule has 27 heavy (non-hydrogen) atoms. The van der Waals surface area contributed by atoms with Crippen LogP contribution in [0.5, 0.6) is 0 Å². The van der Waals surface area contributed by atoms with E-state index in [2.05, 4.69) is 0 Å². The normalized spacial score (nSPS) is 16.6. The molecule has 1 aromatic carbocycles. The van der Waals surface area contributed by atoms with Crippen molar-refractivity contribution in [1.29, 1.82) is 0 Å². The number of hydrogen-bond donors (Lipinski definition) is 0. The van der Waals surface area contributed by atoms with Crippen molar-refractivity contribution in [2.75, 3.05) is 0 Å². The lowest BCUT2D eigenvalue weighted by molar-refractivity contribution is 0.0954. The van der Waals surface area contributed by atoms with E-state index in [0.717, 1.165) is 12.8 Å². The van der Waals surface area contributed by atoms with Crippen LogP contribution in [0.2, 0.25) is 0 Å². The number of carbonyl (C=O) groups excluding carboxylic acids is 1. The van der Waals surface area contributed by atoms with Gasteiger partial charge in [0, 0.05) is 11.8 Å². The predicted molar refractivity (Wildman–Crippen MR) is 105 cm³/mol. The van der Waals surface area contributed by atoms with E-state index in [1.807, 2.05) is 12.1 Å². The first-order chi connectivity index (χ1) is 12.9. The van der Waals surface area contributed by atoms with E-state index in [-0.39, 0.29) is 16.8 Å². The molecule has 144 valence electrons. The molecule has 2 aromatic rings. The van der Waals surface area contributed by atoms with Crippen LogP contribution in [0, 0.1) is 0 Å². The quantitative estimate of drug-likeness (QED) is 0.806. The summed E-state index contributed by atoms with van der Waals surface area (Å²) in [5, 5.41) is -0.497. The zero-order valence-electron chi connectivity index (χ0n) is 15.8. The highest BCUT2D eigenvalue weighted by Gasteiger charge is 2.20. The Hall–Kier alpha value is -2.21. The number of nitrogens with zero attached hydrogens (tertiary/aromatic N) is 2. The summed E-state index contributed by atoms with van der Waals surface area (Å²) in [6.07, 6.45) is 7.45. The van der Waals surface area contributed by atoms with Crippen LogP contribution in [-0.4, -0.2) is 30.2 Å². The number of rotatable bonds is 4. The Balaban J connectivity index is 1.92. The summed E-state index contributed by atoms with van der Waals surface area (Å²) in [7, 11) is -3.35. The second-order valence-electron chi connectivity index (χ2n) is 7.27. The highest BCUT2D eigenvalue weighted by molar-refractivity contribution is 7.92. The second kappa shape index (κ2) is 8.21. The van der Waals surface area contributed by atoms with Gasteiger partial charge in [-0.3, -0.25) is 14.4 Å². The Labute approximate surface area is 160 Å². The lowest BCUT2D eigenvalue weighted by atomic mass is 9.96. The van der Waals surface area contributed by atoms with Gasteiger partial charge in [-0.1, -0.05) is 25.3 Å². The van der Waals surface area contributed by atoms with Gasteiger partial charge >= 0.3 is 0 Å². The molecule has 1 aliphatic rings. The van der Waals surface area contributed by atoms with Crippen LogP contribution in [0.3, 0.4) is 0 Å². The first-order valence-electron chi connectivity index (χ1n) is 9.50. The van der Waals surface area contributed by atoms with Crippen LogP contribution in [0.1, 0.15) is 56.3 Å². The maximum absolute atomic E-state index is 13.0. The molecule has 3 rings (SSSR count). The molecule has 0 atom stereocenters. The van der Waals surface area contributed by atoms with Crippen LogP contribution in [0.4, 0.5) is 0 Å². The molecule has 1 aromatic heterocycles. The largest absolute Gasteiger partial charge is 0.268 e. The Morgan fingerprint density at radius 2 is 1.70 bits per heavy atom. The van der Waals surface area contributed by atoms with Crippen LogP contribution in [0.15, 0.2) is 58.5 Å². The Morgan fingerprint density at radius 1 is 1.04 bits per heavy atom. The molecule has 0 N–H and O–H groups in total. The molecule has 1 aliphatic carbocycles.